The summed E-state index contributed by atoms with van der Waals surface area (Å²) >= 11 is 5.74. The summed E-state index contributed by atoms with van der Waals surface area (Å²) in [4.78, 5) is 41.2. The number of nitrogens with one attached hydrogen (secondary N) is 1. The van der Waals surface area contributed by atoms with Crippen LogP contribution in [0.3, 0.4) is 0 Å². The zero-order valence-corrected chi connectivity index (χ0v) is 15.4. The van der Waals surface area contributed by atoms with E-state index in [0.29, 0.717) is 16.5 Å². The zero-order valence-electron chi connectivity index (χ0n) is 14.6. The molecule has 0 amide bonds. The number of aromatic amines is 1. The van der Waals surface area contributed by atoms with Crippen LogP contribution in [-0.4, -0.2) is 20.9 Å². The minimum atomic E-state index is -0.690. The average Bonchev–Trinajstić information content (AvgIpc) is 2.66. The largest absolute Gasteiger partial charge is 0.454 e. The number of aryl methyl sites for hydroxylation is 1. The van der Waals surface area contributed by atoms with E-state index in [9.17, 15) is 19.7 Å². The number of fused-ring (bicyclic) bond motifs is 1. The number of ether oxygens (including phenoxy) is 1. The summed E-state index contributed by atoms with van der Waals surface area (Å²) < 4.78 is 5.08. The highest BCUT2D eigenvalue weighted by atomic mass is 35.5. The number of carbonyl (C=O) groups is 1. The maximum Gasteiger partial charge on any atom is 0.331 e. The third-order valence-electron chi connectivity index (χ3n) is 3.92. The van der Waals surface area contributed by atoms with Crippen molar-refractivity contribution in [2.45, 2.75) is 13.5 Å². The number of nitro benzene ring substituents is 1. The van der Waals surface area contributed by atoms with Gasteiger partial charge in [0, 0.05) is 12.1 Å². The molecule has 0 bridgehead atoms. The molecule has 0 unspecified atom stereocenters. The quantitative estimate of drug-likeness (QED) is 0.303. The van der Waals surface area contributed by atoms with E-state index in [1.54, 1.807) is 12.1 Å². The molecular formula is C19H14ClN3O5. The van der Waals surface area contributed by atoms with Gasteiger partial charge in [0.25, 0.3) is 11.2 Å². The predicted molar refractivity (Wildman–Crippen MR) is 104 cm³/mol. The van der Waals surface area contributed by atoms with Gasteiger partial charge in [-0.2, -0.15) is 0 Å². The molecule has 0 saturated carbocycles. The van der Waals surface area contributed by atoms with E-state index in [2.05, 4.69) is 9.97 Å². The van der Waals surface area contributed by atoms with Crippen molar-refractivity contribution in [3.8, 4) is 0 Å². The summed E-state index contributed by atoms with van der Waals surface area (Å²) in [6, 6.07) is 9.41. The smallest absolute Gasteiger partial charge is 0.331 e. The number of para-hydroxylation sites is 1. The van der Waals surface area contributed by atoms with Gasteiger partial charge in [-0.1, -0.05) is 29.8 Å². The van der Waals surface area contributed by atoms with Gasteiger partial charge in [-0.15, -0.1) is 0 Å². The molecule has 28 heavy (non-hydrogen) atoms. The topological polar surface area (TPSA) is 115 Å². The van der Waals surface area contributed by atoms with E-state index in [1.165, 1.54) is 24.3 Å². The highest BCUT2D eigenvalue weighted by Crippen LogP contribution is 2.25. The lowest BCUT2D eigenvalue weighted by Gasteiger charge is -2.05. The molecule has 1 aromatic heterocycles. The first kappa shape index (κ1) is 19.2. The first-order chi connectivity index (χ1) is 13.3. The molecule has 1 N–H and O–H groups in total. The molecule has 9 heteroatoms. The highest BCUT2D eigenvalue weighted by molar-refractivity contribution is 6.32. The molecule has 3 rings (SSSR count). The first-order valence-electron chi connectivity index (χ1n) is 8.12. The molecule has 3 aromatic rings. The molecule has 1 heterocycles. The Hall–Kier alpha value is -3.52. The molecular weight excluding hydrogens is 386 g/mol. The Morgan fingerprint density at radius 3 is 2.89 bits per heavy atom. The van der Waals surface area contributed by atoms with Crippen LogP contribution in [0.5, 0.6) is 0 Å². The van der Waals surface area contributed by atoms with Crippen molar-refractivity contribution in [1.29, 1.82) is 0 Å². The van der Waals surface area contributed by atoms with Gasteiger partial charge in [0.1, 0.15) is 17.5 Å². The number of hydrogen-bond donors (Lipinski definition) is 1. The molecule has 142 valence electrons. The van der Waals surface area contributed by atoms with Crippen molar-refractivity contribution in [2.75, 3.05) is 0 Å². The highest BCUT2D eigenvalue weighted by Gasteiger charge is 2.12. The third-order valence-corrected chi connectivity index (χ3v) is 4.24. The number of H-pyrrole nitrogens is 1. The van der Waals surface area contributed by atoms with E-state index in [1.807, 2.05) is 13.0 Å². The van der Waals surface area contributed by atoms with E-state index in [-0.39, 0.29) is 28.7 Å². The summed E-state index contributed by atoms with van der Waals surface area (Å²) in [7, 11) is 0. The van der Waals surface area contributed by atoms with Crippen LogP contribution in [-0.2, 0) is 16.1 Å². The lowest BCUT2D eigenvalue weighted by Crippen LogP contribution is -2.14. The Morgan fingerprint density at radius 2 is 2.14 bits per heavy atom. The molecule has 0 saturated heterocycles. The molecule has 0 spiro atoms. The Labute approximate surface area is 163 Å². The summed E-state index contributed by atoms with van der Waals surface area (Å²) in [5.41, 5.74) is 1.22. The van der Waals surface area contributed by atoms with Crippen molar-refractivity contribution in [1.82, 2.24) is 9.97 Å². The number of nitro groups is 1. The number of carbonyl (C=O) groups excluding carboxylic acids is 1. The molecule has 0 aliphatic rings. The summed E-state index contributed by atoms with van der Waals surface area (Å²) in [5, 5.41) is 11.3. The SMILES string of the molecule is Cc1cccc2c(=O)[nH]c(COC(=O)/C=C/c3ccc(Cl)c([N+](=O)[O-])c3)nc12. The summed E-state index contributed by atoms with van der Waals surface area (Å²) in [6.07, 6.45) is 2.49. The van der Waals surface area contributed by atoms with E-state index < -0.39 is 10.9 Å². The standard InChI is InChI=1S/C19H14ClN3O5/c1-11-3-2-4-13-18(11)21-16(22-19(13)25)10-28-17(24)8-6-12-5-7-14(20)15(9-12)23(26)27/h2-9H,10H2,1H3,(H,21,22,25)/b8-6+. The average molecular weight is 400 g/mol. The number of hydrogen-bond acceptors (Lipinski definition) is 6. The van der Waals surface area contributed by atoms with Gasteiger partial charge in [0.05, 0.1) is 15.8 Å². The molecule has 0 aliphatic heterocycles. The second-order valence-electron chi connectivity index (χ2n) is 5.89. The van der Waals surface area contributed by atoms with E-state index in [0.717, 1.165) is 11.6 Å². The van der Waals surface area contributed by atoms with Crippen molar-refractivity contribution in [2.24, 2.45) is 0 Å². The van der Waals surface area contributed by atoms with Gasteiger partial charge >= 0.3 is 5.97 Å². The van der Waals surface area contributed by atoms with Crippen LogP contribution in [0.1, 0.15) is 17.0 Å². The van der Waals surface area contributed by atoms with Gasteiger partial charge in [-0.05, 0) is 36.3 Å². The van der Waals surface area contributed by atoms with Gasteiger partial charge < -0.3 is 9.72 Å². The zero-order chi connectivity index (χ0) is 20.3. The second kappa shape index (κ2) is 8.01. The van der Waals surface area contributed by atoms with Crippen LogP contribution in [0.2, 0.25) is 5.02 Å². The molecule has 0 radical (unpaired) electrons. The molecule has 2 aromatic carbocycles. The number of halogens is 1. The summed E-state index contributed by atoms with van der Waals surface area (Å²) in [5.74, 6) is -0.471. The van der Waals surface area contributed by atoms with Crippen molar-refractivity contribution < 1.29 is 14.5 Å². The maximum atomic E-state index is 12.1. The Morgan fingerprint density at radius 1 is 1.36 bits per heavy atom. The van der Waals surface area contributed by atoms with E-state index in [4.69, 9.17) is 16.3 Å². The molecule has 0 fully saturated rings. The number of rotatable bonds is 5. The third kappa shape index (κ3) is 4.24. The van der Waals surface area contributed by atoms with E-state index >= 15 is 0 Å². The monoisotopic (exact) mass is 399 g/mol. The molecule has 0 atom stereocenters. The number of aromatic nitrogens is 2. The minimum Gasteiger partial charge on any atom is -0.454 e. The summed E-state index contributed by atoms with van der Waals surface area (Å²) in [6.45, 7) is 1.61. The van der Waals surface area contributed by atoms with Gasteiger partial charge in [0.15, 0.2) is 0 Å². The maximum absolute atomic E-state index is 12.1. The number of nitrogens with zero attached hydrogens (tertiary/aromatic N) is 2. The fourth-order valence-corrected chi connectivity index (χ4v) is 2.73. The lowest BCUT2D eigenvalue weighted by atomic mass is 10.1. The van der Waals surface area contributed by atoms with Crippen LogP contribution < -0.4 is 5.56 Å². The number of benzene rings is 2. The van der Waals surface area contributed by atoms with Crippen molar-refractivity contribution >= 4 is 40.2 Å². The van der Waals surface area contributed by atoms with Crippen LogP contribution in [0, 0.1) is 17.0 Å². The van der Waals surface area contributed by atoms with Crippen LogP contribution >= 0.6 is 11.6 Å². The Bertz CT molecular complexity index is 1170. The predicted octanol–water partition coefficient (Wildman–Crippen LogP) is 3.55. The van der Waals surface area contributed by atoms with Gasteiger partial charge in [0.2, 0.25) is 0 Å². The Balaban J connectivity index is 1.71. The lowest BCUT2D eigenvalue weighted by molar-refractivity contribution is -0.384. The second-order valence-corrected chi connectivity index (χ2v) is 6.30. The van der Waals surface area contributed by atoms with Crippen molar-refractivity contribution in [3.05, 3.63) is 84.9 Å². The normalized spacial score (nSPS) is 11.1. The van der Waals surface area contributed by atoms with Crippen molar-refractivity contribution in [3.63, 3.8) is 0 Å². The molecule has 0 aliphatic carbocycles. The Kier molecular flexibility index (Phi) is 5.51. The fraction of sp³-hybridized carbons (Fsp3) is 0.105. The van der Waals surface area contributed by atoms with Gasteiger partial charge in [-0.25, -0.2) is 9.78 Å². The number of esters is 1. The fourth-order valence-electron chi connectivity index (χ4n) is 2.55. The van der Waals surface area contributed by atoms with Crippen LogP contribution in [0.4, 0.5) is 5.69 Å². The van der Waals surface area contributed by atoms with Crippen LogP contribution in [0.25, 0.3) is 17.0 Å². The van der Waals surface area contributed by atoms with Crippen LogP contribution in [0.15, 0.2) is 47.3 Å². The molecule has 8 nitrogen and oxygen atoms in total. The first-order valence-corrected chi connectivity index (χ1v) is 8.50. The minimum absolute atomic E-state index is 0.00588. The van der Waals surface area contributed by atoms with Gasteiger partial charge in [-0.3, -0.25) is 14.9 Å².